The van der Waals surface area contributed by atoms with Crippen LogP contribution in [0.2, 0.25) is 0 Å². The number of ether oxygens (including phenoxy) is 1. The molecule has 1 fully saturated rings. The van der Waals surface area contributed by atoms with Crippen molar-refractivity contribution in [1.82, 2.24) is 4.90 Å². The highest BCUT2D eigenvalue weighted by Crippen LogP contribution is 2.25. The number of thioether (sulfide) groups is 1. The summed E-state index contributed by atoms with van der Waals surface area (Å²) < 4.78 is 5.36. The first-order valence-electron chi connectivity index (χ1n) is 7.63. The third-order valence-electron chi connectivity index (χ3n) is 3.50. The Morgan fingerprint density at radius 3 is 2.64 bits per heavy atom. The molecule has 1 saturated heterocycles. The smallest absolute Gasteiger partial charge is 0.410 e. The zero-order valence-electron chi connectivity index (χ0n) is 13.5. The molecule has 0 spiro atoms. The zero-order chi connectivity index (χ0) is 16.2. The minimum atomic E-state index is -0.498. The summed E-state index contributed by atoms with van der Waals surface area (Å²) in [5.41, 5.74) is 0.784. The average molecular weight is 323 g/mol. The summed E-state index contributed by atoms with van der Waals surface area (Å²) in [6.45, 7) is 6.49. The van der Waals surface area contributed by atoms with E-state index in [-0.39, 0.29) is 12.0 Å². The van der Waals surface area contributed by atoms with Gasteiger partial charge in [-0.3, -0.25) is 0 Å². The third-order valence-corrected chi connectivity index (χ3v) is 4.70. The highest BCUT2D eigenvalue weighted by atomic mass is 32.2. The Morgan fingerprint density at radius 2 is 2.00 bits per heavy atom. The Kier molecular flexibility index (Phi) is 5.75. The first kappa shape index (κ1) is 17.2. The number of hydrogen-bond donors (Lipinski definition) is 1. The van der Waals surface area contributed by atoms with Crippen LogP contribution in [0.5, 0.6) is 0 Å². The Hall–Kier alpha value is -1.20. The Morgan fingerprint density at radius 1 is 1.32 bits per heavy atom. The van der Waals surface area contributed by atoms with Crippen LogP contribution in [0, 0.1) is 5.92 Å². The van der Waals surface area contributed by atoms with Crippen molar-refractivity contribution in [1.29, 1.82) is 0 Å². The van der Waals surface area contributed by atoms with E-state index in [1.54, 1.807) is 16.7 Å². The van der Waals surface area contributed by atoms with E-state index in [4.69, 9.17) is 4.74 Å². The number of carbonyl (C=O) groups excluding carboxylic acids is 1. The molecular formula is C17H25NO3S. The molecule has 0 saturated carbocycles. The fourth-order valence-corrected chi connectivity index (χ4v) is 3.57. The largest absolute Gasteiger partial charge is 0.444 e. The minimum absolute atomic E-state index is 0.112. The van der Waals surface area contributed by atoms with Crippen LogP contribution in [0.25, 0.3) is 0 Å². The van der Waals surface area contributed by atoms with Crippen molar-refractivity contribution in [2.24, 2.45) is 5.92 Å². The van der Waals surface area contributed by atoms with E-state index in [0.29, 0.717) is 13.1 Å². The predicted molar refractivity (Wildman–Crippen MR) is 89.9 cm³/mol. The van der Waals surface area contributed by atoms with Crippen molar-refractivity contribution in [3.8, 4) is 0 Å². The monoisotopic (exact) mass is 323 g/mol. The number of nitrogens with zero attached hydrogens (tertiary/aromatic N) is 1. The zero-order valence-corrected chi connectivity index (χ0v) is 14.3. The highest BCUT2D eigenvalue weighted by molar-refractivity contribution is 7.98. The van der Waals surface area contributed by atoms with Gasteiger partial charge in [0.2, 0.25) is 0 Å². The van der Waals surface area contributed by atoms with Crippen molar-refractivity contribution in [2.75, 3.05) is 18.8 Å². The minimum Gasteiger partial charge on any atom is -0.444 e. The number of β-amino-alcohol motifs (C(OH)–C–C–N with tert-alkyl or cyclic N) is 1. The summed E-state index contributed by atoms with van der Waals surface area (Å²) in [5.74, 6) is 1.88. The fraction of sp³-hybridized carbons (Fsp3) is 0.588. The lowest BCUT2D eigenvalue weighted by Crippen LogP contribution is -2.35. The van der Waals surface area contributed by atoms with Gasteiger partial charge in [0.25, 0.3) is 0 Å². The molecule has 22 heavy (non-hydrogen) atoms. The van der Waals surface area contributed by atoms with Gasteiger partial charge >= 0.3 is 6.09 Å². The van der Waals surface area contributed by atoms with Crippen LogP contribution in [-0.4, -0.2) is 46.6 Å². The molecule has 1 aromatic carbocycles. The molecule has 2 atom stereocenters. The lowest BCUT2D eigenvalue weighted by Gasteiger charge is -2.24. The highest BCUT2D eigenvalue weighted by Gasteiger charge is 2.35. The molecule has 0 bridgehead atoms. The normalized spacial score (nSPS) is 21.9. The summed E-state index contributed by atoms with van der Waals surface area (Å²) in [4.78, 5) is 13.6. The van der Waals surface area contributed by atoms with E-state index in [1.165, 1.54) is 5.56 Å². The second-order valence-electron chi connectivity index (χ2n) is 6.71. The van der Waals surface area contributed by atoms with E-state index >= 15 is 0 Å². The number of aliphatic hydroxyl groups is 1. The van der Waals surface area contributed by atoms with Gasteiger partial charge in [-0.05, 0) is 26.3 Å². The van der Waals surface area contributed by atoms with Crippen LogP contribution in [0.4, 0.5) is 4.79 Å². The van der Waals surface area contributed by atoms with E-state index < -0.39 is 11.7 Å². The predicted octanol–water partition coefficient (Wildman–Crippen LogP) is 3.15. The third kappa shape index (κ3) is 5.21. The number of amides is 1. The summed E-state index contributed by atoms with van der Waals surface area (Å²) in [6, 6.07) is 10.3. The van der Waals surface area contributed by atoms with Crippen LogP contribution >= 0.6 is 11.8 Å². The lowest BCUT2D eigenvalue weighted by atomic mass is 10.1. The molecule has 1 aliphatic heterocycles. The Labute approximate surface area is 136 Å². The van der Waals surface area contributed by atoms with E-state index in [1.807, 2.05) is 39.0 Å². The molecular weight excluding hydrogens is 298 g/mol. The SMILES string of the molecule is CC(C)(C)OC(=O)N1C[C@H](CSCc2ccccc2)[C@@H](O)C1. The maximum Gasteiger partial charge on any atom is 0.410 e. The maximum atomic E-state index is 12.0. The standard InChI is InChI=1S/C17H25NO3S/c1-17(2,3)21-16(20)18-9-14(15(19)10-18)12-22-11-13-7-5-4-6-8-13/h4-8,14-15,19H,9-12H2,1-3H3/t14-,15+/m1/s1. The van der Waals surface area contributed by atoms with Gasteiger partial charge in [-0.15, -0.1) is 0 Å². The average Bonchev–Trinajstić information content (AvgIpc) is 2.80. The van der Waals surface area contributed by atoms with Gasteiger partial charge in [0.05, 0.1) is 12.6 Å². The van der Waals surface area contributed by atoms with Gasteiger partial charge in [0.15, 0.2) is 0 Å². The number of aliphatic hydroxyl groups excluding tert-OH is 1. The van der Waals surface area contributed by atoms with Crippen molar-refractivity contribution in [3.63, 3.8) is 0 Å². The van der Waals surface area contributed by atoms with Crippen LogP contribution in [0.3, 0.4) is 0 Å². The number of likely N-dealkylation sites (tertiary alicyclic amines) is 1. The first-order chi connectivity index (χ1) is 10.3. The second kappa shape index (κ2) is 7.38. The molecule has 1 aromatic rings. The second-order valence-corrected chi connectivity index (χ2v) is 7.74. The number of hydrogen-bond acceptors (Lipinski definition) is 4. The first-order valence-corrected chi connectivity index (χ1v) is 8.78. The lowest BCUT2D eigenvalue weighted by molar-refractivity contribution is 0.0270. The quantitative estimate of drug-likeness (QED) is 0.925. The molecule has 1 aliphatic rings. The summed E-state index contributed by atoms with van der Waals surface area (Å²) in [5, 5.41) is 10.1. The van der Waals surface area contributed by atoms with Crippen LogP contribution < -0.4 is 0 Å². The van der Waals surface area contributed by atoms with Crippen LogP contribution in [-0.2, 0) is 10.5 Å². The molecule has 0 unspecified atom stereocenters. The molecule has 1 amide bonds. The molecule has 1 N–H and O–H groups in total. The topological polar surface area (TPSA) is 49.8 Å². The molecule has 122 valence electrons. The van der Waals surface area contributed by atoms with Gasteiger partial charge in [0.1, 0.15) is 5.60 Å². The van der Waals surface area contributed by atoms with Crippen LogP contribution in [0.15, 0.2) is 30.3 Å². The van der Waals surface area contributed by atoms with Crippen molar-refractivity contribution < 1.29 is 14.6 Å². The number of rotatable bonds is 4. The van der Waals surface area contributed by atoms with Crippen molar-refractivity contribution >= 4 is 17.9 Å². The molecule has 0 radical (unpaired) electrons. The van der Waals surface area contributed by atoms with Gasteiger partial charge in [-0.2, -0.15) is 11.8 Å². The maximum absolute atomic E-state index is 12.0. The number of benzene rings is 1. The van der Waals surface area contributed by atoms with Gasteiger partial charge in [-0.1, -0.05) is 30.3 Å². The summed E-state index contributed by atoms with van der Waals surface area (Å²) in [6.07, 6.45) is -0.794. The van der Waals surface area contributed by atoms with Gasteiger partial charge in [-0.25, -0.2) is 4.79 Å². The molecule has 5 heteroatoms. The van der Waals surface area contributed by atoms with Crippen LogP contribution in [0.1, 0.15) is 26.3 Å². The summed E-state index contributed by atoms with van der Waals surface area (Å²) in [7, 11) is 0. The van der Waals surface area contributed by atoms with Crippen molar-refractivity contribution in [2.45, 2.75) is 38.2 Å². The van der Waals surface area contributed by atoms with Gasteiger partial charge in [0, 0.05) is 24.0 Å². The molecule has 0 aromatic heterocycles. The van der Waals surface area contributed by atoms with E-state index in [2.05, 4.69) is 12.1 Å². The molecule has 2 rings (SSSR count). The van der Waals surface area contributed by atoms with Gasteiger partial charge < -0.3 is 14.7 Å². The molecule has 1 heterocycles. The Balaban J connectivity index is 1.77. The van der Waals surface area contributed by atoms with E-state index in [0.717, 1.165) is 11.5 Å². The molecule has 4 nitrogen and oxygen atoms in total. The fourth-order valence-electron chi connectivity index (χ4n) is 2.40. The summed E-state index contributed by atoms with van der Waals surface area (Å²) >= 11 is 1.80. The Bertz CT molecular complexity index is 486. The van der Waals surface area contributed by atoms with E-state index in [9.17, 15) is 9.90 Å². The number of carbonyl (C=O) groups is 1. The van der Waals surface area contributed by atoms with Crippen molar-refractivity contribution in [3.05, 3.63) is 35.9 Å². The molecule has 0 aliphatic carbocycles.